The Bertz CT molecular complexity index is 1360. The summed E-state index contributed by atoms with van der Waals surface area (Å²) < 4.78 is 88.0. The number of nitrogens with one attached hydrogen (secondary N) is 2. The lowest BCUT2D eigenvalue weighted by Crippen LogP contribution is -2.30. The van der Waals surface area contributed by atoms with E-state index >= 15 is 0 Å². The Labute approximate surface area is 189 Å². The molecule has 2 aromatic carbocycles. The van der Waals surface area contributed by atoms with Crippen molar-refractivity contribution in [3.8, 4) is 5.75 Å². The molecule has 2 amide bonds. The summed E-state index contributed by atoms with van der Waals surface area (Å²) in [6, 6.07) is 2.41. The topological polar surface area (TPSA) is 204 Å². The molecule has 2 aromatic rings. The number of halogens is 1. The maximum absolute atomic E-state index is 12.1. The first-order chi connectivity index (χ1) is 14.7. The summed E-state index contributed by atoms with van der Waals surface area (Å²) in [5, 5.41) is 14.1. The van der Waals surface area contributed by atoms with Gasteiger partial charge in [-0.05, 0) is 24.6 Å². The van der Waals surface area contributed by atoms with Crippen LogP contribution in [0.2, 0.25) is 0 Å². The van der Waals surface area contributed by atoms with Crippen LogP contribution in [-0.2, 0) is 30.1 Å². The number of fused-ring (bicyclic) bond motifs is 1. The van der Waals surface area contributed by atoms with Crippen LogP contribution in [-0.4, -0.2) is 69.4 Å². The summed E-state index contributed by atoms with van der Waals surface area (Å²) in [5.41, 5.74) is -0.154. The van der Waals surface area contributed by atoms with Crippen molar-refractivity contribution in [2.75, 3.05) is 29.2 Å². The zero-order chi connectivity index (χ0) is 24.3. The molecule has 0 spiro atoms. The summed E-state index contributed by atoms with van der Waals surface area (Å²) in [7, 11) is -13.1. The fraction of sp³-hybridized carbons (Fsp3) is 0.312. The fourth-order valence-electron chi connectivity index (χ4n) is 2.77. The van der Waals surface area contributed by atoms with E-state index in [2.05, 4.69) is 10.6 Å². The van der Waals surface area contributed by atoms with E-state index in [1.807, 2.05) is 0 Å². The number of anilines is 1. The van der Waals surface area contributed by atoms with Crippen LogP contribution in [0.3, 0.4) is 0 Å². The third kappa shape index (κ3) is 6.66. The van der Waals surface area contributed by atoms with Crippen LogP contribution < -0.4 is 10.6 Å². The van der Waals surface area contributed by atoms with Gasteiger partial charge >= 0.3 is 6.03 Å². The van der Waals surface area contributed by atoms with E-state index < -0.39 is 57.0 Å². The lowest BCUT2D eigenvalue weighted by Gasteiger charge is -2.14. The Morgan fingerprint density at radius 1 is 0.969 bits per heavy atom. The van der Waals surface area contributed by atoms with E-state index in [1.165, 1.54) is 0 Å². The molecule has 12 nitrogen and oxygen atoms in total. The van der Waals surface area contributed by atoms with Gasteiger partial charge in [-0.2, -0.15) is 16.8 Å². The van der Waals surface area contributed by atoms with Crippen molar-refractivity contribution in [3.05, 3.63) is 24.3 Å². The van der Waals surface area contributed by atoms with E-state index in [1.54, 1.807) is 0 Å². The molecule has 0 saturated heterocycles. The van der Waals surface area contributed by atoms with Gasteiger partial charge in [0, 0.05) is 29.3 Å². The highest BCUT2D eigenvalue weighted by Crippen LogP contribution is 2.38. The number of carbonyl (C=O) groups excluding carboxylic acids is 1. The molecule has 0 saturated carbocycles. The molecule has 0 fully saturated rings. The van der Waals surface area contributed by atoms with Crippen molar-refractivity contribution in [2.45, 2.75) is 16.2 Å². The molecule has 0 unspecified atom stereocenters. The molecule has 178 valence electrons. The molecule has 16 heteroatoms. The van der Waals surface area contributed by atoms with Crippen LogP contribution in [0, 0.1) is 0 Å². The third-order valence-corrected chi connectivity index (χ3v) is 8.05. The van der Waals surface area contributed by atoms with E-state index in [9.17, 15) is 44.3 Å². The van der Waals surface area contributed by atoms with Gasteiger partial charge in [-0.15, -0.1) is 11.6 Å². The number of aromatic hydroxyl groups is 1. The van der Waals surface area contributed by atoms with Crippen molar-refractivity contribution < 1.29 is 44.3 Å². The van der Waals surface area contributed by atoms with Crippen LogP contribution >= 0.6 is 11.6 Å². The number of benzene rings is 2. The number of rotatable bonds is 9. The number of hydrogen-bond donors (Lipinski definition) is 5. The van der Waals surface area contributed by atoms with Crippen molar-refractivity contribution in [1.29, 1.82) is 0 Å². The first-order valence-electron chi connectivity index (χ1n) is 8.71. The van der Waals surface area contributed by atoms with Crippen molar-refractivity contribution in [2.24, 2.45) is 0 Å². The Balaban J connectivity index is 2.34. The Kier molecular flexibility index (Phi) is 7.96. The number of phenolic OH excluding ortho intramolecular Hbond substituents is 1. The summed E-state index contributed by atoms with van der Waals surface area (Å²) in [5.74, 6) is -1.25. The van der Waals surface area contributed by atoms with Crippen LogP contribution in [0.5, 0.6) is 5.75 Å². The predicted molar refractivity (Wildman–Crippen MR) is 116 cm³/mol. The van der Waals surface area contributed by atoms with Crippen LogP contribution in [0.1, 0.15) is 6.42 Å². The van der Waals surface area contributed by atoms with Gasteiger partial charge in [-0.1, -0.05) is 0 Å². The molecule has 0 aliphatic carbocycles. The highest BCUT2D eigenvalue weighted by atomic mass is 35.5. The van der Waals surface area contributed by atoms with Crippen molar-refractivity contribution in [1.82, 2.24) is 5.32 Å². The van der Waals surface area contributed by atoms with Crippen molar-refractivity contribution in [3.63, 3.8) is 0 Å². The minimum atomic E-state index is -4.87. The molecule has 0 radical (unpaired) electrons. The summed E-state index contributed by atoms with van der Waals surface area (Å²) in [6.45, 7) is -0.0345. The Morgan fingerprint density at radius 3 is 2.19 bits per heavy atom. The van der Waals surface area contributed by atoms with Gasteiger partial charge in [0.15, 0.2) is 9.84 Å². The zero-order valence-corrected chi connectivity index (χ0v) is 19.4. The van der Waals surface area contributed by atoms with Crippen molar-refractivity contribution >= 4 is 64.2 Å². The highest BCUT2D eigenvalue weighted by Gasteiger charge is 2.22. The van der Waals surface area contributed by atoms with E-state index in [-0.39, 0.29) is 41.4 Å². The highest BCUT2D eigenvalue weighted by molar-refractivity contribution is 7.91. The van der Waals surface area contributed by atoms with Crippen LogP contribution in [0.4, 0.5) is 10.5 Å². The predicted octanol–water partition coefficient (Wildman–Crippen LogP) is 1.20. The molecule has 0 heterocycles. The molecule has 5 N–H and O–H groups in total. The average molecular weight is 531 g/mol. The summed E-state index contributed by atoms with van der Waals surface area (Å²) >= 11 is 5.39. The van der Waals surface area contributed by atoms with E-state index in [4.69, 9.17) is 11.6 Å². The molecule has 0 bridgehead atoms. The molecular weight excluding hydrogens is 512 g/mol. The maximum Gasteiger partial charge on any atom is 0.319 e. The number of phenols is 1. The molecule has 0 aliphatic rings. The number of alkyl halides is 1. The van der Waals surface area contributed by atoms with Crippen LogP contribution in [0.25, 0.3) is 10.8 Å². The number of amides is 2. The van der Waals surface area contributed by atoms with Gasteiger partial charge in [0.05, 0.1) is 22.1 Å². The molecule has 0 atom stereocenters. The second-order valence-corrected chi connectivity index (χ2v) is 12.0. The smallest absolute Gasteiger partial charge is 0.319 e. The number of carbonyl (C=O) groups is 1. The molecule has 0 aliphatic heterocycles. The quantitative estimate of drug-likeness (QED) is 0.178. The first kappa shape index (κ1) is 26.1. The normalized spacial score (nSPS) is 12.6. The van der Waals surface area contributed by atoms with E-state index in [0.29, 0.717) is 12.1 Å². The molecule has 32 heavy (non-hydrogen) atoms. The number of urea groups is 1. The average Bonchev–Trinajstić information content (AvgIpc) is 2.63. The van der Waals surface area contributed by atoms with Crippen LogP contribution in [0.15, 0.2) is 34.1 Å². The fourth-order valence-corrected chi connectivity index (χ4v) is 5.70. The molecular formula is C16H19ClN2O10S3. The van der Waals surface area contributed by atoms with Gasteiger partial charge in [-0.3, -0.25) is 9.11 Å². The van der Waals surface area contributed by atoms with Gasteiger partial charge in [-0.25, -0.2) is 13.2 Å². The lowest BCUT2D eigenvalue weighted by molar-refractivity contribution is 0.252. The Morgan fingerprint density at radius 2 is 1.62 bits per heavy atom. The SMILES string of the molecule is O=C(NCCCS(=O)(=O)CCCl)Nc1ccc(S(=O)(=O)O)c2cc(S(=O)(=O)O)cc(O)c12. The largest absolute Gasteiger partial charge is 0.507 e. The number of sulfone groups is 1. The minimum absolute atomic E-state index is 0.0345. The van der Waals surface area contributed by atoms with Gasteiger partial charge < -0.3 is 15.7 Å². The lowest BCUT2D eigenvalue weighted by atomic mass is 10.1. The maximum atomic E-state index is 12.1. The second kappa shape index (κ2) is 9.76. The molecule has 0 aromatic heterocycles. The molecule has 2 rings (SSSR count). The standard InChI is InChI=1S/C16H19ClN2O10S3/c17-4-7-30(22,23)6-1-5-18-16(21)19-12-2-3-14(32(27,28)29)11-8-10(31(24,25)26)9-13(20)15(11)12/h2-3,8-9,20H,1,4-7H2,(H2,18,19,21)(H,24,25,26)(H,27,28,29). The van der Waals surface area contributed by atoms with Gasteiger partial charge in [0.1, 0.15) is 10.6 Å². The van der Waals surface area contributed by atoms with Gasteiger partial charge in [0.25, 0.3) is 20.2 Å². The summed E-state index contributed by atoms with van der Waals surface area (Å²) in [6.07, 6.45) is 0.0953. The van der Waals surface area contributed by atoms with E-state index in [0.717, 1.165) is 12.1 Å². The minimum Gasteiger partial charge on any atom is -0.507 e. The first-order valence-corrected chi connectivity index (χ1v) is 14.0. The zero-order valence-electron chi connectivity index (χ0n) is 16.1. The monoisotopic (exact) mass is 530 g/mol. The Hall–Kier alpha value is -2.17. The van der Waals surface area contributed by atoms with Gasteiger partial charge in [0.2, 0.25) is 0 Å². The third-order valence-electron chi connectivity index (χ3n) is 4.16. The number of hydrogen-bond acceptors (Lipinski definition) is 8. The summed E-state index contributed by atoms with van der Waals surface area (Å²) in [4.78, 5) is 10.5. The second-order valence-electron chi connectivity index (χ2n) is 6.50.